The third-order valence-corrected chi connectivity index (χ3v) is 5.19. The van der Waals surface area contributed by atoms with Gasteiger partial charge in [0, 0.05) is 44.8 Å². The number of hydrogen-bond acceptors (Lipinski definition) is 4. The molecule has 116 valence electrons. The Kier molecular flexibility index (Phi) is 4.90. The number of nitrogens with zero attached hydrogens (tertiary/aromatic N) is 2. The predicted octanol–water partition coefficient (Wildman–Crippen LogP) is 3.45. The van der Waals surface area contributed by atoms with Crippen LogP contribution in [0.2, 0.25) is 0 Å². The van der Waals surface area contributed by atoms with Crippen LogP contribution in [-0.2, 0) is 0 Å². The quantitative estimate of drug-likeness (QED) is 0.790. The van der Waals surface area contributed by atoms with Crippen molar-refractivity contribution in [2.75, 3.05) is 37.6 Å². The van der Waals surface area contributed by atoms with E-state index in [-0.39, 0.29) is 5.78 Å². The molecule has 0 spiro atoms. The molecule has 0 atom stereocenters. The number of hydrogen-bond donors (Lipinski definition) is 0. The summed E-state index contributed by atoms with van der Waals surface area (Å²) in [5.74, 6) is 0.274. The zero-order valence-electron chi connectivity index (χ0n) is 13.0. The number of rotatable bonds is 5. The van der Waals surface area contributed by atoms with Gasteiger partial charge >= 0.3 is 0 Å². The Hall–Kier alpha value is -1.65. The first-order valence-corrected chi connectivity index (χ1v) is 8.71. The number of ketones is 1. The normalized spacial score (nSPS) is 16.0. The lowest BCUT2D eigenvalue weighted by Crippen LogP contribution is -2.47. The summed E-state index contributed by atoms with van der Waals surface area (Å²) in [5, 5.41) is 1.97. The number of para-hydroxylation sites is 1. The summed E-state index contributed by atoms with van der Waals surface area (Å²) >= 11 is 1.54. The standard InChI is InChI=1S/C18H22N2OS/c1-15-5-2-3-6-16(15)20-12-10-19(11-13-20)9-8-17(21)18-7-4-14-22-18/h2-7,14H,8-13H2,1H3. The van der Waals surface area contributed by atoms with Gasteiger partial charge < -0.3 is 4.90 Å². The lowest BCUT2D eigenvalue weighted by molar-refractivity contribution is 0.0966. The van der Waals surface area contributed by atoms with Gasteiger partial charge in [-0.25, -0.2) is 0 Å². The summed E-state index contributed by atoms with van der Waals surface area (Å²) in [5.41, 5.74) is 2.68. The summed E-state index contributed by atoms with van der Waals surface area (Å²) in [7, 11) is 0. The van der Waals surface area contributed by atoms with Gasteiger partial charge in [-0.15, -0.1) is 11.3 Å². The van der Waals surface area contributed by atoms with E-state index in [4.69, 9.17) is 0 Å². The monoisotopic (exact) mass is 314 g/mol. The van der Waals surface area contributed by atoms with Crippen LogP contribution in [0.3, 0.4) is 0 Å². The summed E-state index contributed by atoms with van der Waals surface area (Å²) in [6, 6.07) is 12.4. The number of Topliss-reactive ketones (excluding diaryl/α,β-unsaturated/α-hetero) is 1. The van der Waals surface area contributed by atoms with Gasteiger partial charge in [-0.1, -0.05) is 24.3 Å². The minimum Gasteiger partial charge on any atom is -0.369 e. The van der Waals surface area contributed by atoms with Crippen molar-refractivity contribution in [3.8, 4) is 0 Å². The first-order chi connectivity index (χ1) is 10.7. The molecule has 3 nitrogen and oxygen atoms in total. The Bertz CT molecular complexity index is 616. The number of piperazine rings is 1. The average molecular weight is 314 g/mol. The molecule has 0 N–H and O–H groups in total. The number of carbonyl (C=O) groups excluding carboxylic acids is 1. The fourth-order valence-corrected chi connectivity index (χ4v) is 3.65. The van der Waals surface area contributed by atoms with Crippen LogP contribution in [0.5, 0.6) is 0 Å². The van der Waals surface area contributed by atoms with Crippen LogP contribution in [0, 0.1) is 6.92 Å². The average Bonchev–Trinajstić information content (AvgIpc) is 3.08. The SMILES string of the molecule is Cc1ccccc1N1CCN(CCC(=O)c2cccs2)CC1. The second-order valence-corrected chi connectivity index (χ2v) is 6.71. The Balaban J connectivity index is 1.48. The van der Waals surface area contributed by atoms with E-state index >= 15 is 0 Å². The van der Waals surface area contributed by atoms with Crippen molar-refractivity contribution < 1.29 is 4.79 Å². The van der Waals surface area contributed by atoms with Crippen molar-refractivity contribution in [3.05, 3.63) is 52.2 Å². The highest BCUT2D eigenvalue weighted by Gasteiger charge is 2.19. The fraction of sp³-hybridized carbons (Fsp3) is 0.389. The first-order valence-electron chi connectivity index (χ1n) is 7.83. The van der Waals surface area contributed by atoms with Gasteiger partial charge in [0.15, 0.2) is 5.78 Å². The van der Waals surface area contributed by atoms with E-state index in [0.29, 0.717) is 6.42 Å². The van der Waals surface area contributed by atoms with Crippen LogP contribution in [-0.4, -0.2) is 43.4 Å². The third kappa shape index (κ3) is 3.57. The van der Waals surface area contributed by atoms with E-state index < -0.39 is 0 Å². The molecule has 0 aliphatic carbocycles. The molecule has 2 heterocycles. The van der Waals surface area contributed by atoms with Crippen LogP contribution in [0.25, 0.3) is 0 Å². The summed E-state index contributed by atoms with van der Waals surface area (Å²) in [4.78, 5) is 17.8. The first kappa shape index (κ1) is 15.3. The zero-order chi connectivity index (χ0) is 15.4. The Morgan fingerprint density at radius 2 is 1.86 bits per heavy atom. The Labute approximate surface area is 136 Å². The van der Waals surface area contributed by atoms with Crippen LogP contribution in [0.15, 0.2) is 41.8 Å². The van der Waals surface area contributed by atoms with Crippen molar-refractivity contribution >= 4 is 22.8 Å². The molecule has 0 unspecified atom stereocenters. The van der Waals surface area contributed by atoms with E-state index in [1.54, 1.807) is 11.3 Å². The number of anilines is 1. The minimum absolute atomic E-state index is 0.274. The van der Waals surface area contributed by atoms with Crippen molar-refractivity contribution in [1.29, 1.82) is 0 Å². The number of thiophene rings is 1. The number of benzene rings is 1. The fourth-order valence-electron chi connectivity index (χ4n) is 2.95. The van der Waals surface area contributed by atoms with Crippen LogP contribution in [0.1, 0.15) is 21.7 Å². The zero-order valence-corrected chi connectivity index (χ0v) is 13.8. The van der Waals surface area contributed by atoms with Gasteiger partial charge in [0.05, 0.1) is 4.88 Å². The molecule has 4 heteroatoms. The predicted molar refractivity (Wildman–Crippen MR) is 93.1 cm³/mol. The molecule has 0 radical (unpaired) electrons. The van der Waals surface area contributed by atoms with E-state index in [2.05, 4.69) is 41.0 Å². The van der Waals surface area contributed by atoms with Crippen LogP contribution in [0.4, 0.5) is 5.69 Å². The Morgan fingerprint density at radius 1 is 1.09 bits per heavy atom. The second kappa shape index (κ2) is 7.07. The highest BCUT2D eigenvalue weighted by molar-refractivity contribution is 7.12. The third-order valence-electron chi connectivity index (χ3n) is 4.28. The van der Waals surface area contributed by atoms with Crippen molar-refractivity contribution in [1.82, 2.24) is 4.90 Å². The highest BCUT2D eigenvalue weighted by Crippen LogP contribution is 2.21. The minimum atomic E-state index is 0.274. The summed E-state index contributed by atoms with van der Waals surface area (Å²) < 4.78 is 0. The highest BCUT2D eigenvalue weighted by atomic mass is 32.1. The van der Waals surface area contributed by atoms with Crippen molar-refractivity contribution in [2.24, 2.45) is 0 Å². The number of aryl methyl sites for hydroxylation is 1. The van der Waals surface area contributed by atoms with Crippen molar-refractivity contribution in [2.45, 2.75) is 13.3 Å². The molecule has 1 aliphatic rings. The molecule has 1 aromatic heterocycles. The lowest BCUT2D eigenvalue weighted by atomic mass is 10.1. The van der Waals surface area contributed by atoms with Gasteiger partial charge in [-0.3, -0.25) is 9.69 Å². The maximum atomic E-state index is 12.1. The molecular weight excluding hydrogens is 292 g/mol. The molecule has 1 aliphatic heterocycles. The van der Waals surface area contributed by atoms with E-state index in [9.17, 15) is 4.79 Å². The second-order valence-electron chi connectivity index (χ2n) is 5.77. The van der Waals surface area contributed by atoms with E-state index in [1.165, 1.54) is 11.3 Å². The van der Waals surface area contributed by atoms with Crippen molar-refractivity contribution in [3.63, 3.8) is 0 Å². The van der Waals surface area contributed by atoms with Gasteiger partial charge in [-0.05, 0) is 30.0 Å². The maximum Gasteiger partial charge on any atom is 0.174 e. The lowest BCUT2D eigenvalue weighted by Gasteiger charge is -2.36. The maximum absolute atomic E-state index is 12.1. The van der Waals surface area contributed by atoms with Gasteiger partial charge in [-0.2, -0.15) is 0 Å². The molecule has 0 amide bonds. The number of carbonyl (C=O) groups is 1. The van der Waals surface area contributed by atoms with Crippen LogP contribution < -0.4 is 4.90 Å². The molecule has 0 bridgehead atoms. The van der Waals surface area contributed by atoms with Gasteiger partial charge in [0.2, 0.25) is 0 Å². The van der Waals surface area contributed by atoms with Gasteiger partial charge in [0.1, 0.15) is 0 Å². The molecular formula is C18H22N2OS. The summed E-state index contributed by atoms with van der Waals surface area (Å²) in [6.45, 7) is 7.19. The molecule has 22 heavy (non-hydrogen) atoms. The summed E-state index contributed by atoms with van der Waals surface area (Å²) in [6.07, 6.45) is 0.630. The molecule has 0 saturated carbocycles. The molecule has 2 aromatic rings. The molecule has 1 saturated heterocycles. The van der Waals surface area contributed by atoms with Crippen LogP contribution >= 0.6 is 11.3 Å². The Morgan fingerprint density at radius 3 is 2.55 bits per heavy atom. The van der Waals surface area contributed by atoms with E-state index in [0.717, 1.165) is 37.6 Å². The van der Waals surface area contributed by atoms with E-state index in [1.807, 2.05) is 17.5 Å². The topological polar surface area (TPSA) is 23.6 Å². The van der Waals surface area contributed by atoms with Gasteiger partial charge in [0.25, 0.3) is 0 Å². The largest absolute Gasteiger partial charge is 0.369 e. The molecule has 1 aromatic carbocycles. The molecule has 1 fully saturated rings. The smallest absolute Gasteiger partial charge is 0.174 e. The molecule has 3 rings (SSSR count).